The molecule has 1 aliphatic heterocycles. The lowest BCUT2D eigenvalue weighted by molar-refractivity contribution is -0.174. The van der Waals surface area contributed by atoms with Gasteiger partial charge in [-0.15, -0.1) is 0 Å². The summed E-state index contributed by atoms with van der Waals surface area (Å²) in [6, 6.07) is 7.40. The normalized spacial score (nSPS) is 15.6. The Labute approximate surface area is 179 Å². The first kappa shape index (κ1) is 22.6. The number of aromatic nitrogens is 2. The van der Waals surface area contributed by atoms with Gasteiger partial charge in [-0.1, -0.05) is 0 Å². The van der Waals surface area contributed by atoms with Crippen molar-refractivity contribution in [3.8, 4) is 17.3 Å². The Hall–Kier alpha value is -4.08. The summed E-state index contributed by atoms with van der Waals surface area (Å²) in [5.41, 5.74) is 1.26. The second-order valence-corrected chi connectivity index (χ2v) is 6.89. The predicted octanol–water partition coefficient (Wildman–Crippen LogP) is 2.25. The molecule has 168 valence electrons. The number of ether oxygens (including phenoxy) is 1. The molecule has 1 atom stereocenters. The number of halogens is 3. The minimum atomic E-state index is -5.06. The molecule has 32 heavy (non-hydrogen) atoms. The molecule has 3 rings (SSSR count). The molecule has 0 spiro atoms. The van der Waals surface area contributed by atoms with Gasteiger partial charge in [0.05, 0.1) is 42.8 Å². The summed E-state index contributed by atoms with van der Waals surface area (Å²) in [4.78, 5) is 36.6. The number of nitriles is 1. The fourth-order valence-corrected chi connectivity index (χ4v) is 3.17. The third-order valence-corrected chi connectivity index (χ3v) is 4.68. The number of carbonyl (C=O) groups excluding carboxylic acids is 3. The smallest absolute Gasteiger partial charge is 0.453 e. The Bertz CT molecular complexity index is 1120. The summed E-state index contributed by atoms with van der Waals surface area (Å²) in [6.07, 6.45) is -5.83. The number of anilines is 1. The SMILES string of the molecule is COC(=O)Nc1cc(C#N)ccc1-c1cc2n(n1)[C@@H](C)CN(CNC(=O)C(F)(F)F)C2=O. The molecule has 0 aliphatic carbocycles. The number of alkyl halides is 3. The van der Waals surface area contributed by atoms with Gasteiger partial charge >= 0.3 is 18.2 Å². The van der Waals surface area contributed by atoms with Crippen molar-refractivity contribution < 1.29 is 32.3 Å². The van der Waals surface area contributed by atoms with Gasteiger partial charge in [-0.05, 0) is 31.2 Å². The van der Waals surface area contributed by atoms with Gasteiger partial charge in [0.2, 0.25) is 0 Å². The number of rotatable bonds is 4. The number of nitrogens with zero attached hydrogens (tertiary/aromatic N) is 4. The van der Waals surface area contributed by atoms with Crippen LogP contribution in [0.25, 0.3) is 11.3 Å². The molecule has 0 saturated heterocycles. The highest BCUT2D eigenvalue weighted by molar-refractivity contribution is 5.96. The van der Waals surface area contributed by atoms with Crippen LogP contribution in [0.15, 0.2) is 24.3 Å². The van der Waals surface area contributed by atoms with E-state index in [4.69, 9.17) is 5.26 Å². The van der Waals surface area contributed by atoms with Crippen molar-refractivity contribution in [3.05, 3.63) is 35.5 Å². The van der Waals surface area contributed by atoms with Gasteiger partial charge in [0, 0.05) is 12.1 Å². The van der Waals surface area contributed by atoms with Crippen molar-refractivity contribution in [2.45, 2.75) is 19.1 Å². The summed E-state index contributed by atoms with van der Waals surface area (Å²) in [5, 5.41) is 17.7. The average molecular weight is 450 g/mol. The minimum absolute atomic E-state index is 0.0196. The molecule has 2 N–H and O–H groups in total. The maximum atomic E-state index is 12.8. The monoisotopic (exact) mass is 450 g/mol. The lowest BCUT2D eigenvalue weighted by Gasteiger charge is -2.31. The Morgan fingerprint density at radius 1 is 1.34 bits per heavy atom. The number of carbonyl (C=O) groups is 3. The summed E-state index contributed by atoms with van der Waals surface area (Å²) in [6.45, 7) is 1.11. The van der Waals surface area contributed by atoms with E-state index in [0.717, 1.165) is 4.90 Å². The molecule has 3 amide bonds. The van der Waals surface area contributed by atoms with Crippen LogP contribution < -0.4 is 10.6 Å². The second-order valence-electron chi connectivity index (χ2n) is 6.89. The van der Waals surface area contributed by atoms with Crippen LogP contribution in [-0.4, -0.2) is 59.1 Å². The zero-order valence-corrected chi connectivity index (χ0v) is 16.9. The molecule has 13 heteroatoms. The number of hydrogen-bond acceptors (Lipinski definition) is 6. The van der Waals surface area contributed by atoms with Crippen LogP contribution in [0.4, 0.5) is 23.7 Å². The predicted molar refractivity (Wildman–Crippen MR) is 103 cm³/mol. The Kier molecular flexibility index (Phi) is 6.06. The largest absolute Gasteiger partial charge is 0.471 e. The zero-order chi connectivity index (χ0) is 23.6. The highest BCUT2D eigenvalue weighted by Gasteiger charge is 2.39. The van der Waals surface area contributed by atoms with E-state index in [9.17, 15) is 27.6 Å². The topological polar surface area (TPSA) is 129 Å². The van der Waals surface area contributed by atoms with E-state index >= 15 is 0 Å². The lowest BCUT2D eigenvalue weighted by Crippen LogP contribution is -2.50. The average Bonchev–Trinajstić information content (AvgIpc) is 3.20. The molecule has 2 aromatic rings. The van der Waals surface area contributed by atoms with Gasteiger partial charge < -0.3 is 15.0 Å². The molecule has 1 aliphatic rings. The Morgan fingerprint density at radius 3 is 2.69 bits per heavy atom. The van der Waals surface area contributed by atoms with Crippen molar-refractivity contribution >= 4 is 23.6 Å². The van der Waals surface area contributed by atoms with Crippen molar-refractivity contribution in [2.75, 3.05) is 25.6 Å². The first-order valence-corrected chi connectivity index (χ1v) is 9.18. The lowest BCUT2D eigenvalue weighted by atomic mass is 10.1. The van der Waals surface area contributed by atoms with E-state index < -0.39 is 36.8 Å². The van der Waals surface area contributed by atoms with Gasteiger partial charge in [-0.25, -0.2) is 4.79 Å². The third kappa shape index (κ3) is 4.48. The second kappa shape index (κ2) is 8.58. The number of fused-ring (bicyclic) bond motifs is 1. The Balaban J connectivity index is 1.91. The van der Waals surface area contributed by atoms with Gasteiger partial charge in [0.1, 0.15) is 5.69 Å². The van der Waals surface area contributed by atoms with Crippen LogP contribution in [0, 0.1) is 11.3 Å². The van der Waals surface area contributed by atoms with E-state index in [0.29, 0.717) is 5.56 Å². The van der Waals surface area contributed by atoms with Crippen molar-refractivity contribution in [1.82, 2.24) is 20.0 Å². The summed E-state index contributed by atoms with van der Waals surface area (Å²) >= 11 is 0. The van der Waals surface area contributed by atoms with Crippen molar-refractivity contribution in [3.63, 3.8) is 0 Å². The van der Waals surface area contributed by atoms with Gasteiger partial charge in [0.15, 0.2) is 0 Å². The number of methoxy groups -OCH3 is 1. The molecule has 0 radical (unpaired) electrons. The number of hydrogen-bond donors (Lipinski definition) is 2. The number of amides is 3. The van der Waals surface area contributed by atoms with E-state index in [1.807, 2.05) is 6.07 Å². The molecule has 2 heterocycles. The molecule has 0 unspecified atom stereocenters. The van der Waals surface area contributed by atoms with Crippen LogP contribution in [0.3, 0.4) is 0 Å². The van der Waals surface area contributed by atoms with E-state index in [1.165, 1.54) is 36.1 Å². The molecular weight excluding hydrogens is 433 g/mol. The molecule has 1 aromatic carbocycles. The summed E-state index contributed by atoms with van der Waals surface area (Å²) in [5.74, 6) is -2.77. The van der Waals surface area contributed by atoms with Crippen LogP contribution in [0.5, 0.6) is 0 Å². The van der Waals surface area contributed by atoms with Gasteiger partial charge in [-0.2, -0.15) is 23.5 Å². The minimum Gasteiger partial charge on any atom is -0.453 e. The molecule has 1 aromatic heterocycles. The van der Waals surface area contributed by atoms with Crippen LogP contribution in [-0.2, 0) is 9.53 Å². The molecule has 0 fully saturated rings. The van der Waals surface area contributed by atoms with Gasteiger partial charge in [-0.3, -0.25) is 19.6 Å². The highest BCUT2D eigenvalue weighted by atomic mass is 19.4. The standard InChI is InChI=1S/C19H17F3N6O4/c1-10-8-27(9-24-17(30)19(20,21)22)16(29)15-6-14(26-28(10)15)12-4-3-11(7-23)5-13(12)25-18(31)32-2/h3-6,10H,8-9H2,1-2H3,(H,24,30)(H,25,31)/t10-/m0/s1. The van der Waals surface area contributed by atoms with Crippen LogP contribution in [0.2, 0.25) is 0 Å². The molecular formula is C19H17F3N6O4. The first-order valence-electron chi connectivity index (χ1n) is 9.18. The van der Waals surface area contributed by atoms with Crippen LogP contribution >= 0.6 is 0 Å². The first-order chi connectivity index (χ1) is 15.0. The van der Waals surface area contributed by atoms with E-state index in [-0.39, 0.29) is 29.2 Å². The summed E-state index contributed by atoms with van der Waals surface area (Å²) in [7, 11) is 1.17. The van der Waals surface area contributed by atoms with E-state index in [2.05, 4.69) is 15.2 Å². The van der Waals surface area contributed by atoms with E-state index in [1.54, 1.807) is 12.2 Å². The highest BCUT2D eigenvalue weighted by Crippen LogP contribution is 2.31. The van der Waals surface area contributed by atoms with Crippen LogP contribution in [0.1, 0.15) is 29.0 Å². The van der Waals surface area contributed by atoms with Gasteiger partial charge in [0.25, 0.3) is 5.91 Å². The maximum Gasteiger partial charge on any atom is 0.471 e. The maximum absolute atomic E-state index is 12.8. The molecule has 0 bridgehead atoms. The van der Waals surface area contributed by atoms with Crippen molar-refractivity contribution in [2.24, 2.45) is 0 Å². The fraction of sp³-hybridized carbons (Fsp3) is 0.316. The summed E-state index contributed by atoms with van der Waals surface area (Å²) < 4.78 is 43.3. The Morgan fingerprint density at radius 2 is 2.06 bits per heavy atom. The fourth-order valence-electron chi connectivity index (χ4n) is 3.17. The zero-order valence-electron chi connectivity index (χ0n) is 16.9. The third-order valence-electron chi connectivity index (χ3n) is 4.68. The molecule has 10 nitrogen and oxygen atoms in total. The van der Waals surface area contributed by atoms with Crippen molar-refractivity contribution in [1.29, 1.82) is 5.26 Å². The molecule has 0 saturated carbocycles. The quantitative estimate of drug-likeness (QED) is 0.735. The number of nitrogens with one attached hydrogen (secondary N) is 2. The number of benzene rings is 1.